The number of nitrogens with zero attached hydrogens (tertiary/aromatic N) is 2. The lowest BCUT2D eigenvalue weighted by molar-refractivity contribution is -0.144. The number of amides is 4. The molecule has 3 N–H and O–H groups in total. The minimum Gasteiger partial charge on any atom is -0.497 e. The van der Waals surface area contributed by atoms with Gasteiger partial charge in [-0.25, -0.2) is 13.4 Å². The first-order valence-corrected chi connectivity index (χ1v) is 18.4. The molecule has 4 fully saturated rings. The van der Waals surface area contributed by atoms with Gasteiger partial charge in [-0.2, -0.15) is 0 Å². The van der Waals surface area contributed by atoms with Crippen LogP contribution in [0.4, 0.5) is 0 Å². The number of carbonyl (C=O) groups excluding carboxylic acids is 4. The van der Waals surface area contributed by atoms with E-state index in [1.54, 1.807) is 19.4 Å². The van der Waals surface area contributed by atoms with Gasteiger partial charge >= 0.3 is 0 Å². The smallest absolute Gasteiger partial charge is 0.259 e. The van der Waals surface area contributed by atoms with E-state index >= 15 is 0 Å². The SMILES string of the molecule is C=C[C@@H]1C[C@]1(NC(=O)[C@@H]1C[C@@H](Oc2nccc3cc(OC)ccc23)CN1C(=O)[C@@H](NC(=O)CC1CC1)C(C)(C)C)C(=O)NS(=O)(=O)C1CC1. The number of sulfonamides is 1. The van der Waals surface area contributed by atoms with Gasteiger partial charge in [0.2, 0.25) is 33.6 Å². The van der Waals surface area contributed by atoms with Gasteiger partial charge in [-0.3, -0.25) is 23.9 Å². The number of ether oxygens (including phenoxy) is 2. The Morgan fingerprint density at radius 2 is 1.88 bits per heavy atom. The normalized spacial score (nSPS) is 25.6. The Bertz CT molecular complexity index is 1780. The topological polar surface area (TPSA) is 173 Å². The molecule has 1 saturated heterocycles. The van der Waals surface area contributed by atoms with Gasteiger partial charge in [-0.15, -0.1) is 6.58 Å². The number of hydrogen-bond donors (Lipinski definition) is 3. The molecule has 4 aliphatic rings. The Hall–Kier alpha value is -4.20. The van der Waals surface area contributed by atoms with Crippen molar-refractivity contribution in [3.8, 4) is 11.6 Å². The number of aromatic nitrogens is 1. The van der Waals surface area contributed by atoms with Gasteiger partial charge < -0.3 is 25.0 Å². The van der Waals surface area contributed by atoms with Crippen LogP contribution in [0.3, 0.4) is 0 Å². The van der Waals surface area contributed by atoms with Crippen LogP contribution in [0.1, 0.15) is 65.7 Å². The van der Waals surface area contributed by atoms with E-state index in [0.717, 1.165) is 18.2 Å². The van der Waals surface area contributed by atoms with E-state index in [9.17, 15) is 27.6 Å². The fourth-order valence-electron chi connectivity index (χ4n) is 6.52. The maximum absolute atomic E-state index is 14.4. The van der Waals surface area contributed by atoms with Crippen molar-refractivity contribution in [1.82, 2.24) is 25.2 Å². The van der Waals surface area contributed by atoms with Crippen molar-refractivity contribution in [2.24, 2.45) is 17.3 Å². The first kappa shape index (κ1) is 34.7. The average Bonchev–Trinajstić information content (AvgIpc) is 3.94. The number of fused-ring (bicyclic) bond motifs is 1. The first-order valence-electron chi connectivity index (χ1n) is 16.8. The van der Waals surface area contributed by atoms with Crippen molar-refractivity contribution >= 4 is 44.4 Å². The molecule has 0 unspecified atom stereocenters. The molecule has 0 spiro atoms. The number of rotatable bonds is 13. The lowest BCUT2D eigenvalue weighted by atomic mass is 9.85. The van der Waals surface area contributed by atoms with E-state index in [4.69, 9.17) is 9.47 Å². The van der Waals surface area contributed by atoms with E-state index in [0.29, 0.717) is 42.2 Å². The number of benzene rings is 1. The highest BCUT2D eigenvalue weighted by molar-refractivity contribution is 7.91. The minimum atomic E-state index is -3.87. The van der Waals surface area contributed by atoms with Gasteiger partial charge in [-0.1, -0.05) is 26.8 Å². The lowest BCUT2D eigenvalue weighted by Gasteiger charge is -2.35. The molecule has 2 aromatic rings. The van der Waals surface area contributed by atoms with Crippen LogP contribution in [-0.4, -0.2) is 84.6 Å². The lowest BCUT2D eigenvalue weighted by Crippen LogP contribution is -2.60. The molecule has 1 aromatic carbocycles. The third-order valence-corrected chi connectivity index (χ3v) is 11.7. The second-order valence-electron chi connectivity index (χ2n) is 14.9. The summed E-state index contributed by atoms with van der Waals surface area (Å²) in [6, 6.07) is 5.25. The van der Waals surface area contributed by atoms with E-state index in [1.807, 2.05) is 39.0 Å². The Kier molecular flexibility index (Phi) is 9.14. The molecular formula is C35H45N5O8S. The summed E-state index contributed by atoms with van der Waals surface area (Å²) in [5.74, 6) is -1.33. The summed E-state index contributed by atoms with van der Waals surface area (Å²) in [7, 11) is -2.30. The molecule has 0 bridgehead atoms. The fraction of sp³-hybridized carbons (Fsp3) is 0.571. The highest BCUT2D eigenvalue weighted by Crippen LogP contribution is 2.45. The Morgan fingerprint density at radius 1 is 1.14 bits per heavy atom. The molecule has 1 aliphatic heterocycles. The summed E-state index contributed by atoms with van der Waals surface area (Å²) in [4.78, 5) is 60.8. The minimum absolute atomic E-state index is 0.0103. The fourth-order valence-corrected chi connectivity index (χ4v) is 7.88. The van der Waals surface area contributed by atoms with Crippen LogP contribution in [-0.2, 0) is 29.2 Å². The first-order chi connectivity index (χ1) is 23.1. The molecule has 14 heteroatoms. The zero-order valence-electron chi connectivity index (χ0n) is 28.4. The van der Waals surface area contributed by atoms with Gasteiger partial charge in [0.25, 0.3) is 5.91 Å². The monoisotopic (exact) mass is 695 g/mol. The maximum atomic E-state index is 14.4. The van der Waals surface area contributed by atoms with Crippen LogP contribution in [0.5, 0.6) is 11.6 Å². The van der Waals surface area contributed by atoms with E-state index < -0.39 is 68.1 Å². The largest absolute Gasteiger partial charge is 0.497 e. The molecule has 264 valence electrons. The molecule has 3 saturated carbocycles. The van der Waals surface area contributed by atoms with Crippen molar-refractivity contribution < 1.29 is 37.1 Å². The summed E-state index contributed by atoms with van der Waals surface area (Å²) in [5, 5.41) is 6.65. The highest BCUT2D eigenvalue weighted by Gasteiger charge is 2.62. The van der Waals surface area contributed by atoms with Crippen molar-refractivity contribution in [3.63, 3.8) is 0 Å². The van der Waals surface area contributed by atoms with Crippen LogP contribution < -0.4 is 24.8 Å². The highest BCUT2D eigenvalue weighted by atomic mass is 32.2. The summed E-state index contributed by atoms with van der Waals surface area (Å²) in [5.41, 5.74) is -2.22. The van der Waals surface area contributed by atoms with Gasteiger partial charge in [0.05, 0.1) is 18.9 Å². The van der Waals surface area contributed by atoms with Gasteiger partial charge in [-0.05, 0) is 73.1 Å². The van der Waals surface area contributed by atoms with Crippen LogP contribution >= 0.6 is 0 Å². The molecule has 5 atom stereocenters. The number of likely N-dealkylation sites (tertiary alicyclic amines) is 1. The number of pyridine rings is 1. The molecule has 3 aliphatic carbocycles. The average molecular weight is 696 g/mol. The van der Waals surface area contributed by atoms with Gasteiger partial charge in [0.15, 0.2) is 0 Å². The van der Waals surface area contributed by atoms with E-state index in [2.05, 4.69) is 26.9 Å². The van der Waals surface area contributed by atoms with Gasteiger partial charge in [0, 0.05) is 30.3 Å². The summed E-state index contributed by atoms with van der Waals surface area (Å²) < 4.78 is 39.2. The number of methoxy groups -OCH3 is 1. The zero-order chi connectivity index (χ0) is 35.3. The molecule has 13 nitrogen and oxygen atoms in total. The number of carbonyl (C=O) groups is 4. The Morgan fingerprint density at radius 3 is 2.49 bits per heavy atom. The summed E-state index contributed by atoms with van der Waals surface area (Å²) in [6.45, 7) is 9.32. The third kappa shape index (κ3) is 7.38. The van der Waals surface area contributed by atoms with Crippen molar-refractivity contribution in [3.05, 3.63) is 43.1 Å². The van der Waals surface area contributed by atoms with Crippen LogP contribution in [0, 0.1) is 17.3 Å². The Labute approximate surface area is 286 Å². The molecule has 2 heterocycles. The van der Waals surface area contributed by atoms with Gasteiger partial charge in [0.1, 0.15) is 29.5 Å². The molecule has 6 rings (SSSR count). The second-order valence-corrected chi connectivity index (χ2v) is 16.8. The molecular weight excluding hydrogens is 650 g/mol. The van der Waals surface area contributed by atoms with E-state index in [1.165, 1.54) is 11.0 Å². The second kappa shape index (κ2) is 12.9. The summed E-state index contributed by atoms with van der Waals surface area (Å²) >= 11 is 0. The predicted molar refractivity (Wildman–Crippen MR) is 181 cm³/mol. The van der Waals surface area contributed by atoms with Crippen LogP contribution in [0.25, 0.3) is 10.8 Å². The Balaban J connectivity index is 1.27. The predicted octanol–water partition coefficient (Wildman–Crippen LogP) is 2.59. The zero-order valence-corrected chi connectivity index (χ0v) is 29.2. The van der Waals surface area contributed by atoms with Crippen LogP contribution in [0.2, 0.25) is 0 Å². The third-order valence-electron chi connectivity index (χ3n) is 9.90. The van der Waals surface area contributed by atoms with Crippen LogP contribution in [0.15, 0.2) is 43.1 Å². The van der Waals surface area contributed by atoms with E-state index in [-0.39, 0.29) is 25.3 Å². The molecule has 0 radical (unpaired) electrons. The molecule has 49 heavy (non-hydrogen) atoms. The van der Waals surface area contributed by atoms with Crippen molar-refractivity contribution in [1.29, 1.82) is 0 Å². The maximum Gasteiger partial charge on any atom is 0.259 e. The van der Waals surface area contributed by atoms with Crippen molar-refractivity contribution in [2.45, 2.75) is 94.7 Å². The standard InChI is InChI=1S/C35H45N5O8S/c1-6-22-18-35(22,33(44)39-49(45,46)25-10-11-25)38-30(42)27-17-24(48-31-26-12-9-23(47-5)16-21(26)13-14-36-31)19-40(27)32(43)29(34(2,3)4)37-28(41)15-20-7-8-20/h6,9,12-14,16,20,22,24-25,27,29H,1,7-8,10-11,15,17-19H2,2-5H3,(H,37,41)(H,38,42)(H,39,44)/t22-,24-,27+,29-,35-/m1/s1. The number of hydrogen-bond acceptors (Lipinski definition) is 9. The molecule has 4 amide bonds. The quantitative estimate of drug-likeness (QED) is 0.266. The summed E-state index contributed by atoms with van der Waals surface area (Å²) in [6.07, 6.45) is 5.91. The van der Waals surface area contributed by atoms with Crippen molar-refractivity contribution in [2.75, 3.05) is 13.7 Å². The molecule has 1 aromatic heterocycles. The number of nitrogens with one attached hydrogen (secondary N) is 3.